The summed E-state index contributed by atoms with van der Waals surface area (Å²) < 4.78 is 24.6. The molecule has 2 aromatic rings. The Hall–Kier alpha value is -1.63. The second-order valence-corrected chi connectivity index (χ2v) is 4.68. The molecule has 0 aliphatic rings. The van der Waals surface area contributed by atoms with E-state index in [2.05, 4.69) is 32.0 Å². The summed E-state index contributed by atoms with van der Waals surface area (Å²) >= 11 is 0. The van der Waals surface area contributed by atoms with Gasteiger partial charge in [-0.1, -0.05) is 17.7 Å². The fourth-order valence-corrected chi connectivity index (χ4v) is 2.12. The standard InChI is InChI=1S/C16H20N/c1-11-6-7-15(13(3)8-11)16-9-12(2)14(4)10-17(16)5/h6-10H,1-5H3/q+1/i4D3. The summed E-state index contributed by atoms with van der Waals surface area (Å²) in [6.07, 6.45) is 1.72. The lowest BCUT2D eigenvalue weighted by atomic mass is 10.0. The number of pyridine rings is 1. The molecule has 88 valence electrons. The fraction of sp³-hybridized carbons (Fsp3) is 0.312. The molecule has 0 radical (unpaired) electrons. The van der Waals surface area contributed by atoms with E-state index in [1.165, 1.54) is 11.1 Å². The zero-order valence-corrected chi connectivity index (χ0v) is 10.8. The Kier molecular flexibility index (Phi) is 2.15. The van der Waals surface area contributed by atoms with Gasteiger partial charge in [0.2, 0.25) is 5.69 Å². The Morgan fingerprint density at radius 2 is 1.76 bits per heavy atom. The zero-order chi connectivity index (χ0) is 15.1. The van der Waals surface area contributed by atoms with Crippen LogP contribution >= 0.6 is 0 Å². The van der Waals surface area contributed by atoms with E-state index < -0.39 is 6.85 Å². The van der Waals surface area contributed by atoms with Gasteiger partial charge in [0.1, 0.15) is 7.05 Å². The molecule has 0 amide bonds. The first-order valence-corrected chi connectivity index (χ1v) is 5.78. The molecule has 1 aromatic heterocycles. The van der Waals surface area contributed by atoms with Crippen molar-refractivity contribution in [2.45, 2.75) is 27.6 Å². The van der Waals surface area contributed by atoms with Crippen molar-refractivity contribution in [1.29, 1.82) is 0 Å². The molecule has 0 fully saturated rings. The Balaban J connectivity index is 2.62. The molecule has 1 heteroatoms. The van der Waals surface area contributed by atoms with Crippen molar-refractivity contribution in [2.24, 2.45) is 7.05 Å². The number of benzene rings is 1. The molecule has 0 saturated heterocycles. The van der Waals surface area contributed by atoms with Crippen LogP contribution in [-0.2, 0) is 7.05 Å². The third-order valence-corrected chi connectivity index (χ3v) is 3.14. The Bertz CT molecular complexity index is 658. The smallest absolute Gasteiger partial charge is 0.201 e. The van der Waals surface area contributed by atoms with Gasteiger partial charge in [0.25, 0.3) is 0 Å². The van der Waals surface area contributed by atoms with Crippen LogP contribution in [0.2, 0.25) is 0 Å². The van der Waals surface area contributed by atoms with E-state index in [1.54, 1.807) is 6.20 Å². The Morgan fingerprint density at radius 3 is 2.41 bits per heavy atom. The lowest BCUT2D eigenvalue weighted by Crippen LogP contribution is -2.31. The maximum atomic E-state index is 7.58. The van der Waals surface area contributed by atoms with Crippen molar-refractivity contribution in [2.75, 3.05) is 0 Å². The van der Waals surface area contributed by atoms with Gasteiger partial charge in [0.15, 0.2) is 6.20 Å². The normalized spacial score (nSPS) is 14.0. The first kappa shape index (κ1) is 8.46. The minimum atomic E-state index is -2.07. The third-order valence-electron chi connectivity index (χ3n) is 3.14. The molecule has 2 rings (SSSR count). The number of rotatable bonds is 1. The fourth-order valence-electron chi connectivity index (χ4n) is 2.12. The van der Waals surface area contributed by atoms with Gasteiger partial charge in [-0.15, -0.1) is 0 Å². The van der Waals surface area contributed by atoms with Gasteiger partial charge < -0.3 is 0 Å². The molecule has 0 bridgehead atoms. The average molecular weight is 229 g/mol. The molecule has 0 atom stereocenters. The van der Waals surface area contributed by atoms with Crippen LogP contribution in [0.1, 0.15) is 26.4 Å². The third kappa shape index (κ3) is 2.23. The van der Waals surface area contributed by atoms with Gasteiger partial charge in [0, 0.05) is 21.3 Å². The number of aromatic nitrogens is 1. The monoisotopic (exact) mass is 229 g/mol. The van der Waals surface area contributed by atoms with Crippen molar-refractivity contribution < 1.29 is 8.68 Å². The van der Waals surface area contributed by atoms with Crippen LogP contribution in [0.4, 0.5) is 0 Å². The summed E-state index contributed by atoms with van der Waals surface area (Å²) in [7, 11) is 1.89. The summed E-state index contributed by atoms with van der Waals surface area (Å²) in [6.45, 7) is 3.94. The maximum absolute atomic E-state index is 7.58. The summed E-state index contributed by atoms with van der Waals surface area (Å²) in [6, 6.07) is 8.27. The van der Waals surface area contributed by atoms with E-state index in [0.717, 1.165) is 16.8 Å². The highest BCUT2D eigenvalue weighted by Gasteiger charge is 2.13. The predicted molar refractivity (Wildman–Crippen MR) is 72.0 cm³/mol. The summed E-state index contributed by atoms with van der Waals surface area (Å²) in [4.78, 5) is 0. The van der Waals surface area contributed by atoms with Crippen molar-refractivity contribution >= 4 is 0 Å². The summed E-state index contributed by atoms with van der Waals surface area (Å²) in [5.41, 5.74) is 5.81. The van der Waals surface area contributed by atoms with Crippen LogP contribution in [0.3, 0.4) is 0 Å². The van der Waals surface area contributed by atoms with Gasteiger partial charge >= 0.3 is 0 Å². The van der Waals surface area contributed by atoms with Crippen LogP contribution in [0, 0.1) is 27.6 Å². The summed E-state index contributed by atoms with van der Waals surface area (Å²) in [5, 5.41) is 0. The maximum Gasteiger partial charge on any atom is 0.212 e. The molecule has 0 unspecified atom stereocenters. The average Bonchev–Trinajstić information content (AvgIpc) is 2.31. The lowest BCUT2D eigenvalue weighted by Gasteiger charge is -2.07. The largest absolute Gasteiger partial charge is 0.212 e. The molecule has 17 heavy (non-hydrogen) atoms. The highest BCUT2D eigenvalue weighted by Crippen LogP contribution is 2.22. The number of hydrogen-bond acceptors (Lipinski definition) is 0. The van der Waals surface area contributed by atoms with Crippen molar-refractivity contribution in [1.82, 2.24) is 0 Å². The van der Waals surface area contributed by atoms with E-state index in [1.807, 2.05) is 24.6 Å². The molecular formula is C16H20N+. The Labute approximate surface area is 108 Å². The number of nitrogens with zero attached hydrogens (tertiary/aromatic N) is 1. The van der Waals surface area contributed by atoms with E-state index in [0.29, 0.717) is 5.56 Å². The molecule has 0 N–H and O–H groups in total. The molecule has 1 nitrogen and oxygen atoms in total. The van der Waals surface area contributed by atoms with Crippen molar-refractivity contribution in [3.8, 4) is 11.3 Å². The van der Waals surface area contributed by atoms with Crippen molar-refractivity contribution in [3.05, 3.63) is 52.7 Å². The number of hydrogen-bond donors (Lipinski definition) is 0. The van der Waals surface area contributed by atoms with Crippen LogP contribution in [-0.4, -0.2) is 0 Å². The van der Waals surface area contributed by atoms with Crippen LogP contribution in [0.5, 0.6) is 0 Å². The lowest BCUT2D eigenvalue weighted by molar-refractivity contribution is -0.660. The van der Waals surface area contributed by atoms with Gasteiger partial charge in [-0.2, -0.15) is 0 Å². The highest BCUT2D eigenvalue weighted by molar-refractivity contribution is 5.62. The second-order valence-electron chi connectivity index (χ2n) is 4.68. The first-order chi connectivity index (χ1) is 9.20. The highest BCUT2D eigenvalue weighted by atomic mass is 14.9. The van der Waals surface area contributed by atoms with Gasteiger partial charge in [0.05, 0.1) is 0 Å². The van der Waals surface area contributed by atoms with Crippen LogP contribution in [0.15, 0.2) is 30.5 Å². The van der Waals surface area contributed by atoms with E-state index in [-0.39, 0.29) is 0 Å². The molecule has 1 aromatic carbocycles. The van der Waals surface area contributed by atoms with E-state index in [4.69, 9.17) is 4.11 Å². The minimum absolute atomic E-state index is 0.411. The zero-order valence-electron chi connectivity index (χ0n) is 13.8. The molecule has 0 spiro atoms. The molecule has 0 aliphatic heterocycles. The van der Waals surface area contributed by atoms with Gasteiger partial charge in [-0.3, -0.25) is 0 Å². The van der Waals surface area contributed by atoms with Gasteiger partial charge in [-0.25, -0.2) is 4.57 Å². The first-order valence-electron chi connectivity index (χ1n) is 7.28. The number of aryl methyl sites for hydroxylation is 5. The van der Waals surface area contributed by atoms with Gasteiger partial charge in [-0.05, 0) is 44.8 Å². The summed E-state index contributed by atoms with van der Waals surface area (Å²) in [5.74, 6) is 0. The quantitative estimate of drug-likeness (QED) is 0.660. The molecule has 1 heterocycles. The minimum Gasteiger partial charge on any atom is -0.201 e. The molecule has 0 saturated carbocycles. The second kappa shape index (κ2) is 4.33. The van der Waals surface area contributed by atoms with E-state index in [9.17, 15) is 0 Å². The topological polar surface area (TPSA) is 3.88 Å². The van der Waals surface area contributed by atoms with E-state index >= 15 is 0 Å². The van der Waals surface area contributed by atoms with Crippen molar-refractivity contribution in [3.63, 3.8) is 0 Å². The molecular weight excluding hydrogens is 206 g/mol. The van der Waals surface area contributed by atoms with Crippen LogP contribution in [0.25, 0.3) is 11.3 Å². The molecule has 0 aliphatic carbocycles. The van der Waals surface area contributed by atoms with Crippen LogP contribution < -0.4 is 4.57 Å². The SMILES string of the molecule is [2H]C([2H])([2H])c1c[n+](C)c(-c2ccc(C)cc2C)cc1C. The Morgan fingerprint density at radius 1 is 1.00 bits per heavy atom. The predicted octanol–water partition coefficient (Wildman–Crippen LogP) is 3.41.